The quantitative estimate of drug-likeness (QED) is 0.837. The average Bonchev–Trinajstić information content (AvgIpc) is 3.01. The Hall–Kier alpha value is -0.940. The van der Waals surface area contributed by atoms with Gasteiger partial charge in [-0.2, -0.15) is 0 Å². The lowest BCUT2D eigenvalue weighted by Crippen LogP contribution is -2.45. The second-order valence-corrected chi connectivity index (χ2v) is 6.06. The summed E-state index contributed by atoms with van der Waals surface area (Å²) in [6.45, 7) is 4.73. The number of hydrogen-bond donors (Lipinski definition) is 2. The molecule has 0 aliphatic heterocycles. The molecule has 1 amide bonds. The fourth-order valence-electron chi connectivity index (χ4n) is 1.92. The van der Waals surface area contributed by atoms with E-state index in [0.717, 1.165) is 11.4 Å². The summed E-state index contributed by atoms with van der Waals surface area (Å²) < 4.78 is 0. The lowest BCUT2D eigenvalue weighted by Gasteiger charge is -2.25. The highest BCUT2D eigenvalue weighted by Crippen LogP contribution is 2.39. The van der Waals surface area contributed by atoms with Crippen molar-refractivity contribution in [3.63, 3.8) is 0 Å². The maximum absolute atomic E-state index is 12.0. The normalized spacial score (nSPS) is 15.9. The first-order valence-corrected chi connectivity index (χ1v) is 6.88. The molecule has 5 heteroatoms. The van der Waals surface area contributed by atoms with E-state index in [-0.39, 0.29) is 11.4 Å². The van der Waals surface area contributed by atoms with E-state index >= 15 is 0 Å². The van der Waals surface area contributed by atoms with Gasteiger partial charge in [0.05, 0.1) is 5.01 Å². The van der Waals surface area contributed by atoms with Crippen LogP contribution in [0.3, 0.4) is 0 Å². The highest BCUT2D eigenvalue weighted by Gasteiger charge is 2.39. The van der Waals surface area contributed by atoms with E-state index in [9.17, 15) is 4.79 Å². The Bertz CT molecular complexity index is 410. The van der Waals surface area contributed by atoms with E-state index < -0.39 is 0 Å². The first-order chi connectivity index (χ1) is 8.03. The Morgan fingerprint density at radius 1 is 1.65 bits per heavy atom. The number of aromatic nitrogens is 1. The molecule has 2 rings (SSSR count). The van der Waals surface area contributed by atoms with Gasteiger partial charge in [-0.15, -0.1) is 11.3 Å². The Labute approximate surface area is 106 Å². The monoisotopic (exact) mass is 253 g/mol. The van der Waals surface area contributed by atoms with Crippen molar-refractivity contribution in [1.82, 2.24) is 10.3 Å². The van der Waals surface area contributed by atoms with E-state index in [2.05, 4.69) is 24.1 Å². The number of nitrogens with one attached hydrogen (secondary N) is 1. The minimum Gasteiger partial charge on any atom is -0.346 e. The number of amides is 1. The fraction of sp³-hybridized carbons (Fsp3) is 0.667. The van der Waals surface area contributed by atoms with Gasteiger partial charge in [-0.1, -0.05) is 0 Å². The molecular weight excluding hydrogens is 234 g/mol. The smallest absolute Gasteiger partial charge is 0.271 e. The number of hydrogen-bond acceptors (Lipinski definition) is 4. The number of nitrogens with two attached hydrogens (primary N) is 1. The topological polar surface area (TPSA) is 68.0 Å². The van der Waals surface area contributed by atoms with Crippen LogP contribution in [0.1, 0.15) is 42.2 Å². The lowest BCUT2D eigenvalue weighted by molar-refractivity contribution is 0.0898. The average molecular weight is 253 g/mol. The van der Waals surface area contributed by atoms with E-state index in [1.807, 2.05) is 5.38 Å². The van der Waals surface area contributed by atoms with Crippen molar-refractivity contribution in [3.05, 3.63) is 16.1 Å². The Morgan fingerprint density at radius 3 is 2.94 bits per heavy atom. The molecule has 1 aliphatic rings. The highest BCUT2D eigenvalue weighted by atomic mass is 32.1. The van der Waals surface area contributed by atoms with Gasteiger partial charge in [-0.25, -0.2) is 4.98 Å². The van der Waals surface area contributed by atoms with Gasteiger partial charge < -0.3 is 11.1 Å². The number of thiazole rings is 1. The molecule has 0 spiro atoms. The van der Waals surface area contributed by atoms with Gasteiger partial charge in [-0.05, 0) is 39.2 Å². The van der Waals surface area contributed by atoms with Crippen LogP contribution in [0, 0.1) is 5.92 Å². The van der Waals surface area contributed by atoms with Gasteiger partial charge in [0, 0.05) is 17.3 Å². The Balaban J connectivity index is 1.98. The third kappa shape index (κ3) is 3.04. The third-order valence-electron chi connectivity index (χ3n) is 3.18. The Morgan fingerprint density at radius 2 is 2.35 bits per heavy atom. The summed E-state index contributed by atoms with van der Waals surface area (Å²) in [5.41, 5.74) is 5.87. The minimum absolute atomic E-state index is 0.0681. The molecule has 1 aromatic heterocycles. The standard InChI is InChI=1S/C12H19N3OS/c1-12(2,8-3-4-8)15-11(16)9-7-17-10(14-9)5-6-13/h7-8H,3-6,13H2,1-2H3,(H,15,16). The van der Waals surface area contributed by atoms with Crippen LogP contribution in [-0.4, -0.2) is 23.0 Å². The number of carbonyl (C=O) groups excluding carboxylic acids is 1. The van der Waals surface area contributed by atoms with Crippen molar-refractivity contribution in [3.8, 4) is 0 Å². The molecule has 1 fully saturated rings. The molecule has 0 aromatic carbocycles. The van der Waals surface area contributed by atoms with Crippen LogP contribution in [0.4, 0.5) is 0 Å². The van der Waals surface area contributed by atoms with Gasteiger partial charge in [0.2, 0.25) is 0 Å². The van der Waals surface area contributed by atoms with Crippen LogP contribution in [0.25, 0.3) is 0 Å². The molecule has 1 aliphatic carbocycles. The molecule has 1 saturated carbocycles. The lowest BCUT2D eigenvalue weighted by atomic mass is 9.99. The van der Waals surface area contributed by atoms with Gasteiger partial charge in [-0.3, -0.25) is 4.79 Å². The predicted octanol–water partition coefficient (Wildman–Crippen LogP) is 1.56. The van der Waals surface area contributed by atoms with Gasteiger partial charge in [0.25, 0.3) is 5.91 Å². The summed E-state index contributed by atoms with van der Waals surface area (Å²) in [4.78, 5) is 16.3. The molecule has 0 unspecified atom stereocenters. The molecule has 0 atom stereocenters. The van der Waals surface area contributed by atoms with Crippen LogP contribution in [-0.2, 0) is 6.42 Å². The van der Waals surface area contributed by atoms with Crippen LogP contribution >= 0.6 is 11.3 Å². The molecule has 0 radical (unpaired) electrons. The first kappa shape index (κ1) is 12.5. The summed E-state index contributed by atoms with van der Waals surface area (Å²) in [7, 11) is 0. The molecule has 1 aromatic rings. The summed E-state index contributed by atoms with van der Waals surface area (Å²) in [5, 5.41) is 5.81. The molecule has 4 nitrogen and oxygen atoms in total. The van der Waals surface area contributed by atoms with Gasteiger partial charge in [0.1, 0.15) is 5.69 Å². The summed E-state index contributed by atoms with van der Waals surface area (Å²) in [5.74, 6) is 0.551. The van der Waals surface area contributed by atoms with Gasteiger partial charge in [0.15, 0.2) is 0 Å². The summed E-state index contributed by atoms with van der Waals surface area (Å²) in [6, 6.07) is 0. The van der Waals surface area contributed by atoms with Crippen LogP contribution in [0.5, 0.6) is 0 Å². The van der Waals surface area contributed by atoms with Crippen molar-refractivity contribution in [2.24, 2.45) is 11.7 Å². The summed E-state index contributed by atoms with van der Waals surface area (Å²) >= 11 is 1.50. The fourth-order valence-corrected chi connectivity index (χ4v) is 2.71. The zero-order valence-electron chi connectivity index (χ0n) is 10.3. The maximum Gasteiger partial charge on any atom is 0.271 e. The van der Waals surface area contributed by atoms with Gasteiger partial charge >= 0.3 is 0 Å². The SMILES string of the molecule is CC(C)(NC(=O)c1csc(CCN)n1)C1CC1. The van der Waals surface area contributed by atoms with E-state index in [1.54, 1.807) is 0 Å². The minimum atomic E-state index is -0.116. The highest BCUT2D eigenvalue weighted by molar-refractivity contribution is 7.09. The van der Waals surface area contributed by atoms with Crippen LogP contribution < -0.4 is 11.1 Å². The largest absolute Gasteiger partial charge is 0.346 e. The molecular formula is C12H19N3OS. The van der Waals surface area contributed by atoms with Crippen molar-refractivity contribution < 1.29 is 4.79 Å². The number of rotatable bonds is 5. The zero-order valence-corrected chi connectivity index (χ0v) is 11.1. The first-order valence-electron chi connectivity index (χ1n) is 6.00. The molecule has 94 valence electrons. The molecule has 1 heterocycles. The zero-order chi connectivity index (χ0) is 12.5. The van der Waals surface area contributed by atoms with Crippen LogP contribution in [0.15, 0.2) is 5.38 Å². The number of carbonyl (C=O) groups is 1. The molecule has 0 bridgehead atoms. The maximum atomic E-state index is 12.0. The van der Waals surface area contributed by atoms with E-state index in [4.69, 9.17) is 5.73 Å². The van der Waals surface area contributed by atoms with Crippen LogP contribution in [0.2, 0.25) is 0 Å². The Kier molecular flexibility index (Phi) is 3.49. The molecule has 0 saturated heterocycles. The predicted molar refractivity (Wildman–Crippen MR) is 69.1 cm³/mol. The third-order valence-corrected chi connectivity index (χ3v) is 4.08. The van der Waals surface area contributed by atoms with Crippen molar-refractivity contribution in [1.29, 1.82) is 0 Å². The van der Waals surface area contributed by atoms with Crippen molar-refractivity contribution >= 4 is 17.2 Å². The van der Waals surface area contributed by atoms with Crippen molar-refractivity contribution in [2.75, 3.05) is 6.54 Å². The second kappa shape index (κ2) is 4.74. The van der Waals surface area contributed by atoms with E-state index in [0.29, 0.717) is 18.2 Å². The van der Waals surface area contributed by atoms with Crippen molar-refractivity contribution in [2.45, 2.75) is 38.6 Å². The summed E-state index contributed by atoms with van der Waals surface area (Å²) in [6.07, 6.45) is 3.16. The molecule has 17 heavy (non-hydrogen) atoms. The second-order valence-electron chi connectivity index (χ2n) is 5.12. The molecule has 3 N–H and O–H groups in total. The van der Waals surface area contributed by atoms with E-state index in [1.165, 1.54) is 24.2 Å². The number of nitrogens with zero attached hydrogens (tertiary/aromatic N) is 1.